The third-order valence-electron chi connectivity index (χ3n) is 15.0. The van der Waals surface area contributed by atoms with Gasteiger partial charge in [-0.05, 0) is 154 Å². The highest BCUT2D eigenvalue weighted by Crippen LogP contribution is 2.37. The molecule has 0 radical (unpaired) electrons. The molecular formula is C63H74N16O5. The molecule has 2 saturated heterocycles. The van der Waals surface area contributed by atoms with Crippen LogP contribution in [-0.2, 0) is 14.4 Å². The van der Waals surface area contributed by atoms with Gasteiger partial charge in [0.15, 0.2) is 11.3 Å². The van der Waals surface area contributed by atoms with Crippen molar-refractivity contribution in [1.29, 1.82) is 0 Å². The highest BCUT2D eigenvalue weighted by atomic mass is 16.5. The van der Waals surface area contributed by atoms with Crippen molar-refractivity contribution in [1.82, 2.24) is 59.1 Å². The minimum atomic E-state index is -0.437. The van der Waals surface area contributed by atoms with Crippen molar-refractivity contribution in [2.45, 2.75) is 84.0 Å². The largest absolute Gasteiger partial charge is 0.457 e. The number of carbonyl (C=O) groups excluding carboxylic acids is 3. The SMILES string of the molecule is C.CN(C)C(C)(C)C=O.[C-]#[N+]/C(=C\C(C)(C)N(C)C)C(=O)N1CCC[C@@H](n2nc(-c3ccc(Oc4ccccc4)cc3)c3c(N)ncnc32)C1.[C-]#[N+]CC(=O)N1CCC[C@@H](n2nc(-c3ccc(Oc4ccccc4)cc3)c3c(N)ncnc32)C1. The fraction of sp³-hybridized carbons (Fsp3) is 0.349. The summed E-state index contributed by atoms with van der Waals surface area (Å²) in [6.45, 7) is 24.4. The maximum absolute atomic E-state index is 13.5. The number of aldehydes is 1. The monoisotopic (exact) mass is 1130 g/mol. The molecule has 2 aliphatic heterocycles. The van der Waals surface area contributed by atoms with Gasteiger partial charge in [0.1, 0.15) is 65.0 Å². The Labute approximate surface area is 491 Å². The number of hydrogen-bond donors (Lipinski definition) is 2. The Kier molecular flexibility index (Phi) is 20.3. The quantitative estimate of drug-likeness (QED) is 0.0586. The molecule has 0 saturated carbocycles. The fourth-order valence-electron chi connectivity index (χ4n) is 9.28. The van der Waals surface area contributed by atoms with Crippen LogP contribution in [0.25, 0.3) is 54.3 Å². The van der Waals surface area contributed by atoms with E-state index in [2.05, 4.69) is 29.6 Å². The first-order valence-electron chi connectivity index (χ1n) is 27.3. The smallest absolute Gasteiger partial charge is 0.302 e. The summed E-state index contributed by atoms with van der Waals surface area (Å²) in [5.74, 6) is 3.21. The summed E-state index contributed by atoms with van der Waals surface area (Å²) in [5, 5.41) is 11.2. The van der Waals surface area contributed by atoms with Gasteiger partial charge in [-0.15, -0.1) is 0 Å². The van der Waals surface area contributed by atoms with Crippen molar-refractivity contribution in [2.75, 3.05) is 72.4 Å². The number of nitrogens with two attached hydrogens (primary N) is 2. The predicted octanol–water partition coefficient (Wildman–Crippen LogP) is 10.3. The van der Waals surface area contributed by atoms with E-state index in [1.807, 2.05) is 184 Å². The molecule has 436 valence electrons. The summed E-state index contributed by atoms with van der Waals surface area (Å²) >= 11 is 0. The lowest BCUT2D eigenvalue weighted by Gasteiger charge is -2.34. The standard InChI is InChI=1S/C31H34N8O2.C25H23N7O2.C6H13NO.CH4/c1-31(2,37(4)5)18-25(33-3)30(40)38-17-9-10-22(19-38)39-29-26(28(32)34-20-35-29)27(36-39)21-13-15-24(16-14-21)41-23-11-7-6-8-12-23;1-27-14-21(33)31-13-5-6-18(15-31)32-25-22(24(26)28-16-29-25)23(30-32)17-9-11-20(12-10-17)34-19-7-3-2-4-8-19;1-6(2,5-8)7(3)4;/h6-8,11-16,18,20,22H,9-10,17,19H2,1-2,4-5H3,(H2,32,34,35);2-4,7-12,16,18H,5-6,13-15H2,(H2,26,28,29);5H,1-4H3;1H4/b25-18-;;;/t22-;18-;;/m11../s1. The molecule has 4 N–H and O–H groups in total. The van der Waals surface area contributed by atoms with Gasteiger partial charge in [-0.3, -0.25) is 14.5 Å². The van der Waals surface area contributed by atoms with E-state index in [1.54, 1.807) is 15.9 Å². The van der Waals surface area contributed by atoms with Crippen molar-refractivity contribution in [3.05, 3.63) is 156 Å². The molecule has 21 nitrogen and oxygen atoms in total. The van der Waals surface area contributed by atoms with Crippen molar-refractivity contribution in [3.63, 3.8) is 0 Å². The highest BCUT2D eigenvalue weighted by molar-refractivity contribution is 5.99. The number of aromatic nitrogens is 8. The summed E-state index contributed by atoms with van der Waals surface area (Å²) in [5.41, 5.74) is 16.3. The topological polar surface area (TPSA) is 231 Å². The van der Waals surface area contributed by atoms with Gasteiger partial charge in [0.05, 0.1) is 35.0 Å². The van der Waals surface area contributed by atoms with E-state index in [-0.39, 0.29) is 49.1 Å². The van der Waals surface area contributed by atoms with Gasteiger partial charge >= 0.3 is 5.91 Å². The summed E-state index contributed by atoms with van der Waals surface area (Å²) < 4.78 is 15.6. The fourth-order valence-corrected chi connectivity index (χ4v) is 9.28. The van der Waals surface area contributed by atoms with Crippen LogP contribution in [0.5, 0.6) is 23.0 Å². The Hall–Kier alpha value is -9.57. The third-order valence-corrected chi connectivity index (χ3v) is 15.0. The number of ether oxygens (including phenoxy) is 2. The number of para-hydroxylation sites is 2. The van der Waals surface area contributed by atoms with E-state index in [0.29, 0.717) is 82.8 Å². The van der Waals surface area contributed by atoms with Gasteiger partial charge in [-0.1, -0.05) is 49.9 Å². The Bertz CT molecular complexity index is 3660. The van der Waals surface area contributed by atoms with Crippen LogP contribution in [0.1, 0.15) is 72.9 Å². The van der Waals surface area contributed by atoms with E-state index in [1.165, 1.54) is 12.7 Å². The van der Waals surface area contributed by atoms with Gasteiger partial charge in [-0.2, -0.15) is 10.2 Å². The molecule has 2 aliphatic rings. The average molecular weight is 1140 g/mol. The Morgan fingerprint density at radius 2 is 1.05 bits per heavy atom. The number of likely N-dealkylation sites (N-methyl/N-ethyl adjacent to an activating group) is 2. The lowest BCUT2D eigenvalue weighted by molar-refractivity contribution is -0.130. The zero-order valence-corrected chi connectivity index (χ0v) is 48.2. The lowest BCUT2D eigenvalue weighted by atomic mass is 10.0. The first-order chi connectivity index (χ1) is 39.8. The zero-order valence-electron chi connectivity index (χ0n) is 48.2. The molecule has 6 heterocycles. The van der Waals surface area contributed by atoms with Gasteiger partial charge in [0.25, 0.3) is 12.5 Å². The Morgan fingerprint density at radius 3 is 1.44 bits per heavy atom. The number of hydrogen-bond acceptors (Lipinski definition) is 15. The van der Waals surface area contributed by atoms with Crippen LogP contribution in [-0.4, -0.2) is 149 Å². The van der Waals surface area contributed by atoms with Crippen LogP contribution in [0.2, 0.25) is 0 Å². The molecule has 2 amide bonds. The Balaban J connectivity index is 0.000000214. The molecule has 8 aromatic rings. The van der Waals surface area contributed by atoms with Crippen LogP contribution in [0.4, 0.5) is 11.6 Å². The second-order valence-corrected chi connectivity index (χ2v) is 21.7. The molecule has 2 atom stereocenters. The summed E-state index contributed by atoms with van der Waals surface area (Å²) in [6.07, 6.45) is 8.82. The number of benzene rings is 4. The van der Waals surface area contributed by atoms with Gasteiger partial charge in [0.2, 0.25) is 5.70 Å². The predicted molar refractivity (Wildman–Crippen MR) is 328 cm³/mol. The van der Waals surface area contributed by atoms with Crippen molar-refractivity contribution < 1.29 is 23.9 Å². The third kappa shape index (κ3) is 14.5. The molecule has 84 heavy (non-hydrogen) atoms. The maximum Gasteiger partial charge on any atom is 0.302 e. The molecule has 2 fully saturated rings. The molecule has 0 unspecified atom stereocenters. The second-order valence-electron chi connectivity index (χ2n) is 21.7. The van der Waals surface area contributed by atoms with E-state index in [4.69, 9.17) is 44.3 Å². The number of nitrogen functional groups attached to an aromatic ring is 2. The molecule has 21 heteroatoms. The number of nitrogens with zero attached hydrogens (tertiary/aromatic N) is 14. The minimum absolute atomic E-state index is 0. The highest BCUT2D eigenvalue weighted by Gasteiger charge is 2.33. The van der Waals surface area contributed by atoms with Gasteiger partial charge < -0.3 is 45.3 Å². The molecule has 4 aromatic carbocycles. The second kappa shape index (κ2) is 27.5. The minimum Gasteiger partial charge on any atom is -0.457 e. The number of fused-ring (bicyclic) bond motifs is 2. The number of anilines is 2. The van der Waals surface area contributed by atoms with E-state index in [9.17, 15) is 14.4 Å². The molecule has 4 aromatic heterocycles. The lowest BCUT2D eigenvalue weighted by Crippen LogP contribution is -2.42. The van der Waals surface area contributed by atoms with Crippen LogP contribution >= 0.6 is 0 Å². The average Bonchev–Trinajstić information content (AvgIpc) is 2.56. The van der Waals surface area contributed by atoms with Gasteiger partial charge in [0, 0.05) is 42.8 Å². The first kappa shape index (κ1) is 62.0. The number of piperidine rings is 2. The number of carbonyl (C=O) groups is 3. The van der Waals surface area contributed by atoms with Crippen molar-refractivity contribution in [3.8, 4) is 45.5 Å². The molecule has 0 spiro atoms. The normalized spacial score (nSPS) is 15.4. The number of likely N-dealkylation sites (tertiary alicyclic amines) is 2. The van der Waals surface area contributed by atoms with E-state index in [0.717, 1.165) is 54.6 Å². The first-order valence-corrected chi connectivity index (χ1v) is 27.3. The molecule has 10 rings (SSSR count). The molecular weight excluding hydrogens is 1060 g/mol. The zero-order chi connectivity index (χ0) is 59.4. The van der Waals surface area contributed by atoms with E-state index < -0.39 is 5.54 Å². The van der Waals surface area contributed by atoms with Crippen LogP contribution in [0, 0.1) is 13.1 Å². The van der Waals surface area contributed by atoms with Crippen LogP contribution < -0.4 is 20.9 Å². The van der Waals surface area contributed by atoms with Crippen molar-refractivity contribution >= 4 is 51.8 Å². The maximum atomic E-state index is 13.5. The van der Waals surface area contributed by atoms with Gasteiger partial charge in [-0.25, -0.2) is 40.7 Å². The number of amides is 2. The molecule has 0 aliphatic carbocycles. The van der Waals surface area contributed by atoms with E-state index >= 15 is 0 Å². The molecule has 0 bridgehead atoms. The Morgan fingerprint density at radius 1 is 0.631 bits per heavy atom. The number of rotatable bonds is 14. The van der Waals surface area contributed by atoms with Crippen LogP contribution in [0.15, 0.2) is 134 Å². The summed E-state index contributed by atoms with van der Waals surface area (Å²) in [7, 11) is 7.62. The summed E-state index contributed by atoms with van der Waals surface area (Å²) in [4.78, 5) is 67.6. The summed E-state index contributed by atoms with van der Waals surface area (Å²) in [6, 6.07) is 34.3. The van der Waals surface area contributed by atoms with Crippen molar-refractivity contribution in [2.24, 2.45) is 0 Å². The van der Waals surface area contributed by atoms with Crippen LogP contribution in [0.3, 0.4) is 0 Å².